The maximum absolute atomic E-state index is 13.6. The van der Waals surface area contributed by atoms with Crippen molar-refractivity contribution < 1.29 is 14.0 Å². The van der Waals surface area contributed by atoms with Gasteiger partial charge in [-0.15, -0.1) is 11.8 Å². The minimum atomic E-state index is -0.728. The molecule has 0 saturated carbocycles. The lowest BCUT2D eigenvalue weighted by Gasteiger charge is -2.32. The van der Waals surface area contributed by atoms with Crippen LogP contribution in [0.3, 0.4) is 0 Å². The lowest BCUT2D eigenvalue weighted by Crippen LogP contribution is -2.52. The minimum absolute atomic E-state index is 0.0324. The van der Waals surface area contributed by atoms with Gasteiger partial charge in [0.2, 0.25) is 11.8 Å². The average Bonchev–Trinajstić information content (AvgIpc) is 2.88. The molecule has 0 bridgehead atoms. The number of hydrogen-bond donors (Lipinski definition) is 1. The third-order valence-corrected chi connectivity index (χ3v) is 7.59. The van der Waals surface area contributed by atoms with E-state index in [1.165, 1.54) is 23.9 Å². The van der Waals surface area contributed by atoms with Gasteiger partial charge in [0.1, 0.15) is 11.9 Å². The second-order valence-electron chi connectivity index (χ2n) is 8.90. The monoisotopic (exact) mass is 560 g/mol. The van der Waals surface area contributed by atoms with Crippen molar-refractivity contribution in [2.75, 3.05) is 5.75 Å². The van der Waals surface area contributed by atoms with Gasteiger partial charge in [0.15, 0.2) is 0 Å². The van der Waals surface area contributed by atoms with Gasteiger partial charge in [0.05, 0.1) is 5.75 Å². The summed E-state index contributed by atoms with van der Waals surface area (Å²) in [5, 5.41) is 4.14. The minimum Gasteiger partial charge on any atom is -0.352 e. The van der Waals surface area contributed by atoms with Gasteiger partial charge >= 0.3 is 0 Å². The van der Waals surface area contributed by atoms with Crippen LogP contribution in [0.25, 0.3) is 0 Å². The van der Waals surface area contributed by atoms with E-state index in [2.05, 4.69) is 5.32 Å². The summed E-state index contributed by atoms with van der Waals surface area (Å²) in [6.07, 6.45) is 1.14. The zero-order valence-electron chi connectivity index (χ0n) is 20.9. The van der Waals surface area contributed by atoms with E-state index in [0.717, 1.165) is 23.1 Å². The van der Waals surface area contributed by atoms with Crippen molar-refractivity contribution in [3.05, 3.63) is 105 Å². The Labute approximate surface area is 232 Å². The second kappa shape index (κ2) is 14.4. The number of rotatable bonds is 12. The van der Waals surface area contributed by atoms with Crippen LogP contribution in [0, 0.1) is 5.82 Å². The van der Waals surface area contributed by atoms with Crippen LogP contribution in [-0.2, 0) is 28.3 Å². The smallest absolute Gasteiger partial charge is 0.243 e. The summed E-state index contributed by atoms with van der Waals surface area (Å²) in [4.78, 5) is 28.7. The molecule has 0 fully saturated rings. The molecule has 196 valence electrons. The second-order valence-corrected chi connectivity index (χ2v) is 10.7. The number of carbonyl (C=O) groups excluding carboxylic acids is 2. The first-order valence-electron chi connectivity index (χ1n) is 12.2. The van der Waals surface area contributed by atoms with E-state index < -0.39 is 6.04 Å². The normalized spacial score (nSPS) is 12.6. The maximum atomic E-state index is 13.6. The molecule has 8 heteroatoms. The van der Waals surface area contributed by atoms with Gasteiger partial charge in [-0.25, -0.2) is 4.39 Å². The molecule has 2 atom stereocenters. The molecule has 0 aliphatic rings. The summed E-state index contributed by atoms with van der Waals surface area (Å²) >= 11 is 13.7. The van der Waals surface area contributed by atoms with Crippen molar-refractivity contribution in [2.24, 2.45) is 0 Å². The number of hydrogen-bond acceptors (Lipinski definition) is 3. The summed E-state index contributed by atoms with van der Waals surface area (Å²) in [7, 11) is 0. The average molecular weight is 562 g/mol. The maximum Gasteiger partial charge on any atom is 0.243 e. The van der Waals surface area contributed by atoms with Crippen LogP contribution in [0.1, 0.15) is 37.0 Å². The highest BCUT2D eigenvalue weighted by Crippen LogP contribution is 2.25. The SMILES string of the molecule is CC[C@@H](C)NC(=O)[C@@H](Cc1ccccc1)N(Cc1ccc(F)cc1)C(=O)CSCc1ccc(Cl)cc1Cl. The van der Waals surface area contributed by atoms with Crippen molar-refractivity contribution in [3.8, 4) is 0 Å². The fraction of sp³-hybridized carbons (Fsp3) is 0.310. The number of nitrogens with one attached hydrogen (secondary N) is 1. The van der Waals surface area contributed by atoms with E-state index in [9.17, 15) is 14.0 Å². The molecule has 3 aromatic carbocycles. The lowest BCUT2D eigenvalue weighted by molar-refractivity contribution is -0.139. The number of amides is 2. The van der Waals surface area contributed by atoms with Crippen molar-refractivity contribution in [1.82, 2.24) is 10.2 Å². The lowest BCUT2D eigenvalue weighted by atomic mass is 10.0. The number of halogens is 3. The van der Waals surface area contributed by atoms with Crippen molar-refractivity contribution in [3.63, 3.8) is 0 Å². The van der Waals surface area contributed by atoms with E-state index in [1.807, 2.05) is 50.2 Å². The standard InChI is InChI=1S/C29H31Cl2FN2O2S/c1-3-20(2)33-29(36)27(15-21-7-5-4-6-8-21)34(17-22-9-13-25(32)14-10-22)28(35)19-37-18-23-11-12-24(30)16-26(23)31/h4-14,16,20,27H,3,15,17-19H2,1-2H3,(H,33,36)/t20-,27-/m1/s1. The van der Waals surface area contributed by atoms with Crippen molar-refractivity contribution in [1.29, 1.82) is 0 Å². The highest BCUT2D eigenvalue weighted by atomic mass is 35.5. The molecule has 0 aliphatic heterocycles. The van der Waals surface area contributed by atoms with E-state index in [0.29, 0.717) is 22.2 Å². The van der Waals surface area contributed by atoms with Crippen LogP contribution < -0.4 is 5.32 Å². The third kappa shape index (κ3) is 9.06. The topological polar surface area (TPSA) is 49.4 Å². The Morgan fingerprint density at radius 3 is 2.35 bits per heavy atom. The van der Waals surface area contributed by atoms with Crippen LogP contribution in [0.4, 0.5) is 4.39 Å². The molecule has 0 saturated heterocycles. The molecular weight excluding hydrogens is 530 g/mol. The van der Waals surface area contributed by atoms with Gasteiger partial charge in [-0.05, 0) is 54.3 Å². The molecule has 0 heterocycles. The van der Waals surface area contributed by atoms with Gasteiger partial charge in [0.25, 0.3) is 0 Å². The van der Waals surface area contributed by atoms with Gasteiger partial charge in [-0.3, -0.25) is 9.59 Å². The number of thioether (sulfide) groups is 1. The molecule has 0 radical (unpaired) electrons. The van der Waals surface area contributed by atoms with Crippen LogP contribution in [0.5, 0.6) is 0 Å². The van der Waals surface area contributed by atoms with E-state index in [1.54, 1.807) is 29.2 Å². The first-order valence-corrected chi connectivity index (χ1v) is 14.1. The Morgan fingerprint density at radius 1 is 1.00 bits per heavy atom. The van der Waals surface area contributed by atoms with Gasteiger partial charge < -0.3 is 10.2 Å². The molecule has 0 aliphatic carbocycles. The van der Waals surface area contributed by atoms with Crippen LogP contribution in [0.15, 0.2) is 72.8 Å². The molecule has 0 unspecified atom stereocenters. The van der Waals surface area contributed by atoms with E-state index >= 15 is 0 Å². The molecule has 3 aromatic rings. The van der Waals surface area contributed by atoms with Crippen LogP contribution in [0.2, 0.25) is 10.0 Å². The molecule has 2 amide bonds. The first-order chi connectivity index (χ1) is 17.8. The summed E-state index contributed by atoms with van der Waals surface area (Å²) in [6, 6.07) is 20.2. The van der Waals surface area contributed by atoms with Gasteiger partial charge in [-0.2, -0.15) is 0 Å². The van der Waals surface area contributed by atoms with E-state index in [4.69, 9.17) is 23.2 Å². The zero-order valence-corrected chi connectivity index (χ0v) is 23.3. The summed E-state index contributed by atoms with van der Waals surface area (Å²) in [5.41, 5.74) is 2.57. The Bertz CT molecular complexity index is 1180. The largest absolute Gasteiger partial charge is 0.352 e. The Balaban J connectivity index is 1.85. The molecule has 0 aromatic heterocycles. The summed E-state index contributed by atoms with van der Waals surface area (Å²) in [5.74, 6) is -0.0669. The van der Waals surface area contributed by atoms with Gasteiger partial charge in [0, 0.05) is 34.8 Å². The van der Waals surface area contributed by atoms with Crippen molar-refractivity contribution in [2.45, 2.75) is 51.1 Å². The van der Waals surface area contributed by atoms with Crippen LogP contribution in [-0.4, -0.2) is 34.6 Å². The van der Waals surface area contributed by atoms with Crippen LogP contribution >= 0.6 is 35.0 Å². The number of benzene rings is 3. The van der Waals surface area contributed by atoms with Gasteiger partial charge in [-0.1, -0.05) is 78.7 Å². The number of nitrogens with zero attached hydrogens (tertiary/aromatic N) is 1. The van der Waals surface area contributed by atoms with Crippen molar-refractivity contribution >= 4 is 46.8 Å². The highest BCUT2D eigenvalue weighted by molar-refractivity contribution is 7.99. The first kappa shape index (κ1) is 29.0. The third-order valence-electron chi connectivity index (χ3n) is 6.04. The quantitative estimate of drug-likeness (QED) is 0.261. The highest BCUT2D eigenvalue weighted by Gasteiger charge is 2.31. The molecule has 4 nitrogen and oxygen atoms in total. The molecule has 3 rings (SSSR count). The molecular formula is C29H31Cl2FN2O2S. The Morgan fingerprint density at radius 2 is 1.70 bits per heavy atom. The predicted octanol–water partition coefficient (Wildman–Crippen LogP) is 6.92. The molecule has 1 N–H and O–H groups in total. The number of carbonyl (C=O) groups is 2. The Hall–Kier alpha value is -2.54. The van der Waals surface area contributed by atoms with E-state index in [-0.39, 0.29) is 36.0 Å². The molecule has 0 spiro atoms. The Kier molecular flexibility index (Phi) is 11.3. The predicted molar refractivity (Wildman–Crippen MR) is 151 cm³/mol. The fourth-order valence-corrected chi connectivity index (χ4v) is 5.22. The summed E-state index contributed by atoms with van der Waals surface area (Å²) < 4.78 is 13.6. The fourth-order valence-electron chi connectivity index (χ4n) is 3.75. The summed E-state index contributed by atoms with van der Waals surface area (Å²) in [6.45, 7) is 4.12. The zero-order chi connectivity index (χ0) is 26.8. The molecule has 37 heavy (non-hydrogen) atoms.